The molecule has 6 nitrogen and oxygen atoms in total. The van der Waals surface area contributed by atoms with Gasteiger partial charge in [0.2, 0.25) is 5.91 Å². The molecule has 0 unspecified atom stereocenters. The molecule has 0 aliphatic carbocycles. The summed E-state index contributed by atoms with van der Waals surface area (Å²) in [4.78, 5) is 28.0. The Labute approximate surface area is 162 Å². The molecule has 2 amide bonds. The first-order valence-corrected chi connectivity index (χ1v) is 8.93. The summed E-state index contributed by atoms with van der Waals surface area (Å²) in [5, 5.41) is 6.22. The van der Waals surface area contributed by atoms with Crippen molar-refractivity contribution < 1.29 is 9.59 Å². The van der Waals surface area contributed by atoms with Gasteiger partial charge in [-0.1, -0.05) is 37.6 Å². The molecule has 27 heavy (non-hydrogen) atoms. The van der Waals surface area contributed by atoms with Gasteiger partial charge in [0.15, 0.2) is 5.82 Å². The summed E-state index contributed by atoms with van der Waals surface area (Å²) in [6.45, 7) is 6.11. The Morgan fingerprint density at radius 2 is 1.81 bits per heavy atom. The number of rotatable bonds is 5. The fourth-order valence-corrected chi connectivity index (χ4v) is 2.90. The largest absolute Gasteiger partial charge is 0.355 e. The highest BCUT2D eigenvalue weighted by Gasteiger charge is 2.21. The number of hydrogen-bond donors (Lipinski definition) is 2. The Bertz CT molecular complexity index is 993. The van der Waals surface area contributed by atoms with Gasteiger partial charge in [0.25, 0.3) is 5.91 Å². The van der Waals surface area contributed by atoms with E-state index in [1.807, 2.05) is 26.0 Å². The van der Waals surface area contributed by atoms with Crippen molar-refractivity contribution in [1.82, 2.24) is 14.7 Å². The number of benzene rings is 1. The zero-order valence-corrected chi connectivity index (χ0v) is 16.2. The van der Waals surface area contributed by atoms with E-state index in [2.05, 4.69) is 15.6 Å². The van der Waals surface area contributed by atoms with Crippen molar-refractivity contribution in [2.24, 2.45) is 0 Å². The number of nitrogens with one attached hydrogen (secondary N) is 2. The lowest BCUT2D eigenvalue weighted by Crippen LogP contribution is -2.35. The molecule has 2 N–H and O–H groups in total. The molecule has 0 radical (unpaired) electrons. The molecule has 0 fully saturated rings. The summed E-state index contributed by atoms with van der Waals surface area (Å²) in [6, 6.07) is 10.9. The van der Waals surface area contributed by atoms with Crippen LogP contribution in [0.15, 0.2) is 48.8 Å². The fraction of sp³-hybridized carbons (Fsp3) is 0.250. The van der Waals surface area contributed by atoms with Crippen molar-refractivity contribution in [3.8, 4) is 0 Å². The predicted octanol–water partition coefficient (Wildman–Crippen LogP) is 3.65. The third-order valence-corrected chi connectivity index (χ3v) is 4.59. The predicted molar refractivity (Wildman–Crippen MR) is 106 cm³/mol. The number of nitrogens with zero attached hydrogens (tertiary/aromatic N) is 2. The Hall–Kier alpha value is -2.86. The van der Waals surface area contributed by atoms with Gasteiger partial charge in [-0.05, 0) is 29.8 Å². The van der Waals surface area contributed by atoms with E-state index >= 15 is 0 Å². The minimum atomic E-state index is -0.240. The standard InChI is InChI=1S/C20H21ClN4O2/c1-13(26)22-12-20(2,3)15-6-4-14(5-7-15)19(27)24-17-11-25-10-16(21)8-9-18(25)23-17/h4-11H,12H2,1-3H3,(H,22,26)(H,24,27). The molecule has 2 aromatic heterocycles. The SMILES string of the molecule is CC(=O)NCC(C)(C)c1ccc(C(=O)Nc2cn3cc(Cl)ccc3n2)cc1. The summed E-state index contributed by atoms with van der Waals surface area (Å²) >= 11 is 5.96. The highest BCUT2D eigenvalue weighted by atomic mass is 35.5. The highest BCUT2D eigenvalue weighted by molar-refractivity contribution is 6.30. The summed E-state index contributed by atoms with van der Waals surface area (Å²) in [6.07, 6.45) is 3.44. The highest BCUT2D eigenvalue weighted by Crippen LogP contribution is 2.23. The minimum Gasteiger partial charge on any atom is -0.355 e. The molecule has 3 aromatic rings. The lowest BCUT2D eigenvalue weighted by molar-refractivity contribution is -0.119. The average Bonchev–Trinajstić information content (AvgIpc) is 3.01. The Balaban J connectivity index is 1.72. The normalized spacial score (nSPS) is 11.4. The topological polar surface area (TPSA) is 75.5 Å². The number of imidazole rings is 1. The molecule has 0 aliphatic rings. The first-order valence-electron chi connectivity index (χ1n) is 8.55. The number of carbonyl (C=O) groups is 2. The lowest BCUT2D eigenvalue weighted by atomic mass is 9.84. The number of carbonyl (C=O) groups excluding carboxylic acids is 2. The first-order chi connectivity index (χ1) is 12.7. The van der Waals surface area contributed by atoms with E-state index in [9.17, 15) is 9.59 Å². The van der Waals surface area contributed by atoms with Crippen LogP contribution in [0.5, 0.6) is 0 Å². The van der Waals surface area contributed by atoms with Crippen molar-refractivity contribution in [3.63, 3.8) is 0 Å². The summed E-state index contributed by atoms with van der Waals surface area (Å²) in [5.41, 5.74) is 2.03. The molecule has 1 aromatic carbocycles. The third-order valence-electron chi connectivity index (χ3n) is 4.36. The number of fused-ring (bicyclic) bond motifs is 1. The van der Waals surface area contributed by atoms with Gasteiger partial charge < -0.3 is 15.0 Å². The fourth-order valence-electron chi connectivity index (χ4n) is 2.73. The number of aromatic nitrogens is 2. The molecular weight excluding hydrogens is 364 g/mol. The molecule has 7 heteroatoms. The maximum absolute atomic E-state index is 12.5. The molecule has 0 spiro atoms. The number of amides is 2. The van der Waals surface area contributed by atoms with Gasteiger partial charge in [0, 0.05) is 30.6 Å². The maximum Gasteiger partial charge on any atom is 0.256 e. The van der Waals surface area contributed by atoms with Crippen LogP contribution in [0.4, 0.5) is 5.82 Å². The van der Waals surface area contributed by atoms with Crippen molar-refractivity contribution in [1.29, 1.82) is 0 Å². The molecule has 0 bridgehead atoms. The molecule has 3 rings (SSSR count). The third kappa shape index (κ3) is 4.46. The zero-order chi connectivity index (χ0) is 19.6. The van der Waals surface area contributed by atoms with Crippen LogP contribution < -0.4 is 10.6 Å². The van der Waals surface area contributed by atoms with Crippen LogP contribution >= 0.6 is 11.6 Å². The van der Waals surface area contributed by atoms with Gasteiger partial charge >= 0.3 is 0 Å². The second-order valence-corrected chi connectivity index (χ2v) is 7.50. The molecule has 0 atom stereocenters. The second kappa shape index (κ2) is 7.40. The van der Waals surface area contributed by atoms with Gasteiger partial charge in [-0.3, -0.25) is 9.59 Å². The molecule has 0 saturated heterocycles. The van der Waals surface area contributed by atoms with Crippen LogP contribution in [-0.4, -0.2) is 27.7 Å². The van der Waals surface area contributed by atoms with Gasteiger partial charge in [0.05, 0.1) is 11.2 Å². The van der Waals surface area contributed by atoms with Crippen molar-refractivity contribution in [2.45, 2.75) is 26.2 Å². The summed E-state index contributed by atoms with van der Waals surface area (Å²) in [5.74, 6) is 0.154. The van der Waals surface area contributed by atoms with E-state index in [0.29, 0.717) is 28.6 Å². The van der Waals surface area contributed by atoms with Crippen LogP contribution in [0, 0.1) is 0 Å². The van der Waals surface area contributed by atoms with Crippen LogP contribution in [0.1, 0.15) is 36.7 Å². The van der Waals surface area contributed by atoms with E-state index in [0.717, 1.165) is 5.56 Å². The minimum absolute atomic E-state index is 0.0622. The summed E-state index contributed by atoms with van der Waals surface area (Å²) in [7, 11) is 0. The number of pyridine rings is 1. The maximum atomic E-state index is 12.5. The number of halogens is 1. The Morgan fingerprint density at radius 1 is 1.11 bits per heavy atom. The second-order valence-electron chi connectivity index (χ2n) is 7.06. The van der Waals surface area contributed by atoms with Gasteiger partial charge in [-0.15, -0.1) is 0 Å². The number of anilines is 1. The average molecular weight is 385 g/mol. The van der Waals surface area contributed by atoms with Crippen LogP contribution in [-0.2, 0) is 10.2 Å². The van der Waals surface area contributed by atoms with E-state index in [-0.39, 0.29) is 17.2 Å². The summed E-state index contributed by atoms with van der Waals surface area (Å²) < 4.78 is 1.76. The van der Waals surface area contributed by atoms with Gasteiger partial charge in [-0.25, -0.2) is 4.98 Å². The quantitative estimate of drug-likeness (QED) is 0.705. The van der Waals surface area contributed by atoms with Crippen molar-refractivity contribution in [3.05, 3.63) is 64.9 Å². The van der Waals surface area contributed by atoms with E-state index in [1.165, 1.54) is 6.92 Å². The molecular formula is C20H21ClN4O2. The van der Waals surface area contributed by atoms with Gasteiger partial charge in [0.1, 0.15) is 5.65 Å². The van der Waals surface area contributed by atoms with Crippen molar-refractivity contribution in [2.75, 3.05) is 11.9 Å². The first kappa shape index (κ1) is 18.9. The lowest BCUT2D eigenvalue weighted by Gasteiger charge is -2.25. The molecule has 0 aliphatic heterocycles. The van der Waals surface area contributed by atoms with E-state index < -0.39 is 0 Å². The molecule has 0 saturated carbocycles. The molecule has 2 heterocycles. The monoisotopic (exact) mass is 384 g/mol. The van der Waals surface area contributed by atoms with E-state index in [4.69, 9.17) is 11.6 Å². The zero-order valence-electron chi connectivity index (χ0n) is 15.4. The smallest absolute Gasteiger partial charge is 0.256 e. The van der Waals surface area contributed by atoms with Gasteiger partial charge in [-0.2, -0.15) is 0 Å². The van der Waals surface area contributed by atoms with Crippen LogP contribution in [0.3, 0.4) is 0 Å². The van der Waals surface area contributed by atoms with Crippen molar-refractivity contribution >= 4 is 34.9 Å². The molecule has 140 valence electrons. The van der Waals surface area contributed by atoms with E-state index in [1.54, 1.807) is 41.1 Å². The van der Waals surface area contributed by atoms with Crippen LogP contribution in [0.2, 0.25) is 5.02 Å². The van der Waals surface area contributed by atoms with Crippen LogP contribution in [0.25, 0.3) is 5.65 Å². The Morgan fingerprint density at radius 3 is 2.48 bits per heavy atom. The Kier molecular flexibility index (Phi) is 5.19. The number of hydrogen-bond acceptors (Lipinski definition) is 3.